The number of carbonyl (C=O) groups excluding carboxylic acids is 2. The Kier molecular flexibility index (Phi) is 5.60. The van der Waals surface area contributed by atoms with Crippen molar-refractivity contribution in [3.05, 3.63) is 63.1 Å². The van der Waals surface area contributed by atoms with Crippen molar-refractivity contribution in [2.24, 2.45) is 0 Å². The highest BCUT2D eigenvalue weighted by Gasteiger charge is 2.42. The van der Waals surface area contributed by atoms with E-state index in [0.717, 1.165) is 5.56 Å². The number of hydrogen-bond donors (Lipinski definition) is 1. The Balaban J connectivity index is 2.06. The predicted octanol–water partition coefficient (Wildman–Crippen LogP) is 4.61. The molecule has 0 aromatic heterocycles. The van der Waals surface area contributed by atoms with Gasteiger partial charge in [0.2, 0.25) is 5.91 Å². The van der Waals surface area contributed by atoms with Gasteiger partial charge in [-0.05, 0) is 44.5 Å². The Morgan fingerprint density at radius 2 is 1.82 bits per heavy atom. The average molecular weight is 421 g/mol. The Morgan fingerprint density at radius 3 is 2.46 bits per heavy atom. The summed E-state index contributed by atoms with van der Waals surface area (Å²) in [4.78, 5) is 27.8. The zero-order valence-corrected chi connectivity index (χ0v) is 17.7. The highest BCUT2D eigenvalue weighted by atomic mass is 35.5. The van der Waals surface area contributed by atoms with E-state index >= 15 is 0 Å². The molecule has 3 rings (SSSR count). The number of fused-ring (bicyclic) bond motifs is 1. The minimum Gasteiger partial charge on any atom is -0.496 e. The van der Waals surface area contributed by atoms with Crippen molar-refractivity contribution in [3.8, 4) is 5.75 Å². The van der Waals surface area contributed by atoms with E-state index in [-0.39, 0.29) is 23.4 Å². The van der Waals surface area contributed by atoms with E-state index in [1.807, 2.05) is 45.0 Å². The number of ether oxygens (including phenoxy) is 1. The topological polar surface area (TPSA) is 58.6 Å². The highest BCUT2D eigenvalue weighted by molar-refractivity contribution is 6.42. The summed E-state index contributed by atoms with van der Waals surface area (Å²) in [5, 5.41) is 3.55. The fourth-order valence-electron chi connectivity index (χ4n) is 3.31. The van der Waals surface area contributed by atoms with Crippen LogP contribution in [0.2, 0.25) is 10.0 Å². The first kappa shape index (κ1) is 20.5. The number of halogens is 2. The van der Waals surface area contributed by atoms with Crippen LogP contribution in [0.15, 0.2) is 36.4 Å². The lowest BCUT2D eigenvalue weighted by molar-refractivity contribution is -0.127. The molecule has 1 aliphatic rings. The van der Waals surface area contributed by atoms with E-state index in [1.54, 1.807) is 13.2 Å². The van der Waals surface area contributed by atoms with Crippen molar-refractivity contribution in [2.45, 2.75) is 38.9 Å². The Bertz CT molecular complexity index is 938. The maximum Gasteiger partial charge on any atom is 0.255 e. The summed E-state index contributed by atoms with van der Waals surface area (Å²) in [6, 6.07) is 9.74. The van der Waals surface area contributed by atoms with Gasteiger partial charge in [-0.15, -0.1) is 0 Å². The third-order valence-electron chi connectivity index (χ3n) is 4.47. The normalized spacial score (nSPS) is 16.1. The van der Waals surface area contributed by atoms with Gasteiger partial charge >= 0.3 is 0 Å². The second kappa shape index (κ2) is 7.64. The van der Waals surface area contributed by atoms with Crippen LogP contribution in [-0.4, -0.2) is 29.4 Å². The van der Waals surface area contributed by atoms with E-state index in [4.69, 9.17) is 27.9 Å². The number of para-hydroxylation sites is 1. The molecule has 0 saturated heterocycles. The Labute approximate surface area is 174 Å². The molecule has 2 aromatic rings. The number of benzene rings is 2. The smallest absolute Gasteiger partial charge is 0.255 e. The summed E-state index contributed by atoms with van der Waals surface area (Å²) in [7, 11) is 1.57. The van der Waals surface area contributed by atoms with Crippen LogP contribution in [0.3, 0.4) is 0 Å². The van der Waals surface area contributed by atoms with Gasteiger partial charge in [0.25, 0.3) is 5.91 Å². The number of amides is 2. The average Bonchev–Trinajstić information content (AvgIpc) is 2.86. The van der Waals surface area contributed by atoms with Crippen molar-refractivity contribution in [1.29, 1.82) is 0 Å². The molecule has 28 heavy (non-hydrogen) atoms. The summed E-state index contributed by atoms with van der Waals surface area (Å²) in [6.45, 7) is 5.89. The fraction of sp³-hybridized carbons (Fsp3) is 0.333. The first-order valence-corrected chi connectivity index (χ1v) is 9.62. The van der Waals surface area contributed by atoms with E-state index in [2.05, 4.69) is 5.32 Å². The van der Waals surface area contributed by atoms with Gasteiger partial charge in [-0.3, -0.25) is 9.59 Å². The van der Waals surface area contributed by atoms with Crippen LogP contribution < -0.4 is 10.1 Å². The first-order valence-electron chi connectivity index (χ1n) is 8.86. The quantitative estimate of drug-likeness (QED) is 0.784. The standard InChI is InChI=1S/C21H22Cl2N2O3/c1-21(2,3)24-19(26)18-13-9-15(22)16(23)10-14(13)20(27)25(18)11-12-7-5-6-8-17(12)28-4/h5-10,18H,11H2,1-4H3,(H,24,26). The first-order chi connectivity index (χ1) is 13.1. The SMILES string of the molecule is COc1ccccc1CN1C(=O)c2cc(Cl)c(Cl)cc2C1C(=O)NC(C)(C)C. The van der Waals surface area contributed by atoms with E-state index in [9.17, 15) is 9.59 Å². The summed E-state index contributed by atoms with van der Waals surface area (Å²) in [6.07, 6.45) is 0. The van der Waals surface area contributed by atoms with Gasteiger partial charge in [0.05, 0.1) is 23.7 Å². The molecule has 0 fully saturated rings. The van der Waals surface area contributed by atoms with Crippen LogP contribution in [-0.2, 0) is 11.3 Å². The molecule has 1 heterocycles. The number of nitrogens with one attached hydrogen (secondary N) is 1. The summed E-state index contributed by atoms with van der Waals surface area (Å²) < 4.78 is 5.40. The molecular formula is C21H22Cl2N2O3. The van der Waals surface area contributed by atoms with Crippen LogP contribution in [0, 0.1) is 0 Å². The van der Waals surface area contributed by atoms with Gasteiger partial charge in [-0.2, -0.15) is 0 Å². The van der Waals surface area contributed by atoms with Crippen LogP contribution in [0.5, 0.6) is 5.75 Å². The molecule has 148 valence electrons. The summed E-state index contributed by atoms with van der Waals surface area (Å²) in [5.74, 6) is 0.110. The largest absolute Gasteiger partial charge is 0.496 e. The van der Waals surface area contributed by atoms with Crippen molar-refractivity contribution < 1.29 is 14.3 Å². The van der Waals surface area contributed by atoms with Crippen LogP contribution >= 0.6 is 23.2 Å². The van der Waals surface area contributed by atoms with Gasteiger partial charge in [0.1, 0.15) is 11.8 Å². The second-order valence-corrected chi connectivity index (χ2v) is 8.55. The predicted molar refractivity (Wildman–Crippen MR) is 110 cm³/mol. The Morgan fingerprint density at radius 1 is 1.18 bits per heavy atom. The molecule has 0 saturated carbocycles. The number of rotatable bonds is 4. The molecule has 0 spiro atoms. The molecule has 0 aliphatic carbocycles. The second-order valence-electron chi connectivity index (χ2n) is 7.74. The molecule has 0 radical (unpaired) electrons. The molecule has 2 amide bonds. The molecule has 0 bridgehead atoms. The number of carbonyl (C=O) groups is 2. The van der Waals surface area contributed by atoms with E-state index < -0.39 is 11.6 Å². The molecule has 1 unspecified atom stereocenters. The molecule has 1 N–H and O–H groups in total. The molecule has 7 heteroatoms. The third kappa shape index (κ3) is 3.96. The van der Waals surface area contributed by atoms with E-state index in [1.165, 1.54) is 11.0 Å². The van der Waals surface area contributed by atoms with E-state index in [0.29, 0.717) is 21.9 Å². The van der Waals surface area contributed by atoms with Gasteiger partial charge in [0, 0.05) is 16.7 Å². The monoisotopic (exact) mass is 420 g/mol. The van der Waals surface area contributed by atoms with Gasteiger partial charge < -0.3 is 15.0 Å². The molecule has 1 atom stereocenters. The zero-order valence-electron chi connectivity index (χ0n) is 16.2. The molecular weight excluding hydrogens is 399 g/mol. The lowest BCUT2D eigenvalue weighted by Crippen LogP contribution is -2.46. The number of hydrogen-bond acceptors (Lipinski definition) is 3. The maximum atomic E-state index is 13.1. The van der Waals surface area contributed by atoms with Crippen molar-refractivity contribution in [3.63, 3.8) is 0 Å². The zero-order chi connectivity index (χ0) is 20.6. The van der Waals surface area contributed by atoms with Crippen LogP contribution in [0.25, 0.3) is 0 Å². The lowest BCUT2D eigenvalue weighted by Gasteiger charge is -2.29. The minimum absolute atomic E-state index is 0.217. The van der Waals surface area contributed by atoms with Crippen LogP contribution in [0.4, 0.5) is 0 Å². The van der Waals surface area contributed by atoms with Crippen molar-refractivity contribution >= 4 is 35.0 Å². The van der Waals surface area contributed by atoms with Gasteiger partial charge in [-0.25, -0.2) is 0 Å². The summed E-state index contributed by atoms with van der Waals surface area (Å²) in [5.41, 5.74) is 1.29. The maximum absolute atomic E-state index is 13.1. The number of nitrogens with zero attached hydrogens (tertiary/aromatic N) is 1. The fourth-order valence-corrected chi connectivity index (χ4v) is 3.65. The van der Waals surface area contributed by atoms with Crippen molar-refractivity contribution in [1.82, 2.24) is 10.2 Å². The minimum atomic E-state index is -0.804. The summed E-state index contributed by atoms with van der Waals surface area (Å²) >= 11 is 12.3. The van der Waals surface area contributed by atoms with Gasteiger partial charge in [-0.1, -0.05) is 41.4 Å². The lowest BCUT2D eigenvalue weighted by atomic mass is 10.0. The third-order valence-corrected chi connectivity index (χ3v) is 5.19. The Hall–Kier alpha value is -2.24. The van der Waals surface area contributed by atoms with Gasteiger partial charge in [0.15, 0.2) is 0 Å². The molecule has 1 aliphatic heterocycles. The number of methoxy groups -OCH3 is 1. The molecule has 5 nitrogen and oxygen atoms in total. The molecule has 2 aromatic carbocycles. The highest BCUT2D eigenvalue weighted by Crippen LogP contribution is 2.40. The van der Waals surface area contributed by atoms with Crippen LogP contribution in [0.1, 0.15) is 48.3 Å². The van der Waals surface area contributed by atoms with Crippen molar-refractivity contribution in [2.75, 3.05) is 7.11 Å².